The normalized spacial score (nSPS) is 42.6. The minimum Gasteiger partial charge on any atom is -0.329 e. The van der Waals surface area contributed by atoms with Gasteiger partial charge in [-0.3, -0.25) is 9.80 Å². The third kappa shape index (κ3) is 2.23. The summed E-state index contributed by atoms with van der Waals surface area (Å²) in [5, 5.41) is 0. The molecule has 0 aromatic carbocycles. The largest absolute Gasteiger partial charge is 0.329 e. The Balaban J connectivity index is 1.87. The Kier molecular flexibility index (Phi) is 4.13. The van der Waals surface area contributed by atoms with Crippen molar-refractivity contribution >= 4 is 11.8 Å². The fourth-order valence-corrected chi connectivity index (χ4v) is 6.52. The van der Waals surface area contributed by atoms with Crippen LogP contribution in [-0.4, -0.2) is 65.1 Å². The average molecular weight is 298 g/mol. The van der Waals surface area contributed by atoms with Crippen LogP contribution in [0.25, 0.3) is 0 Å². The van der Waals surface area contributed by atoms with E-state index in [0.717, 1.165) is 12.6 Å². The highest BCUT2D eigenvalue weighted by Crippen LogP contribution is 2.47. The minimum atomic E-state index is 0.198. The number of hydrogen-bond donors (Lipinski definition) is 1. The number of hydrogen-bond acceptors (Lipinski definition) is 4. The van der Waals surface area contributed by atoms with Gasteiger partial charge in [-0.05, 0) is 43.9 Å². The molecule has 3 fully saturated rings. The lowest BCUT2D eigenvalue weighted by molar-refractivity contribution is -0.0683. The van der Waals surface area contributed by atoms with Crippen molar-refractivity contribution in [1.82, 2.24) is 9.80 Å². The van der Waals surface area contributed by atoms with Crippen LogP contribution in [0.3, 0.4) is 0 Å². The highest BCUT2D eigenvalue weighted by molar-refractivity contribution is 7.99. The molecule has 3 saturated heterocycles. The van der Waals surface area contributed by atoms with Gasteiger partial charge in [0.05, 0.1) is 0 Å². The van der Waals surface area contributed by atoms with Gasteiger partial charge >= 0.3 is 0 Å². The van der Waals surface area contributed by atoms with Gasteiger partial charge in [-0.15, -0.1) is 0 Å². The Bertz CT molecular complexity index is 360. The minimum absolute atomic E-state index is 0.198. The van der Waals surface area contributed by atoms with Crippen molar-refractivity contribution in [2.75, 3.05) is 37.7 Å². The first-order valence-corrected chi connectivity index (χ1v) is 9.44. The molecular weight excluding hydrogens is 266 g/mol. The van der Waals surface area contributed by atoms with Crippen molar-refractivity contribution in [3.63, 3.8) is 0 Å². The second kappa shape index (κ2) is 5.45. The molecule has 3 rings (SSSR count). The summed E-state index contributed by atoms with van der Waals surface area (Å²) < 4.78 is 0. The molecule has 0 aliphatic carbocycles. The van der Waals surface area contributed by atoms with Gasteiger partial charge in [-0.2, -0.15) is 11.8 Å². The number of rotatable bonds is 2. The van der Waals surface area contributed by atoms with Crippen LogP contribution in [0.4, 0.5) is 0 Å². The summed E-state index contributed by atoms with van der Waals surface area (Å²) in [5.41, 5.74) is 6.91. The molecule has 116 valence electrons. The second-order valence-electron chi connectivity index (χ2n) is 7.71. The van der Waals surface area contributed by atoms with Gasteiger partial charge in [0.1, 0.15) is 0 Å². The van der Waals surface area contributed by atoms with Crippen LogP contribution in [0.15, 0.2) is 0 Å². The summed E-state index contributed by atoms with van der Waals surface area (Å²) in [6, 6.07) is 1.43. The highest BCUT2D eigenvalue weighted by Gasteiger charge is 2.53. The molecule has 2 N–H and O–H groups in total. The molecule has 3 atom stereocenters. The fourth-order valence-electron chi connectivity index (χ4n) is 4.70. The third-order valence-corrected chi connectivity index (χ3v) is 7.47. The molecule has 0 radical (unpaired) electrons. The summed E-state index contributed by atoms with van der Waals surface area (Å²) in [7, 11) is 0. The van der Waals surface area contributed by atoms with E-state index in [9.17, 15) is 0 Å². The zero-order valence-corrected chi connectivity index (χ0v) is 14.2. The summed E-state index contributed by atoms with van der Waals surface area (Å²) in [4.78, 5) is 5.53. The highest BCUT2D eigenvalue weighted by atomic mass is 32.2. The van der Waals surface area contributed by atoms with Gasteiger partial charge in [0.15, 0.2) is 0 Å². The van der Waals surface area contributed by atoms with Gasteiger partial charge in [0.2, 0.25) is 0 Å². The van der Waals surface area contributed by atoms with Gasteiger partial charge < -0.3 is 5.73 Å². The van der Waals surface area contributed by atoms with Gasteiger partial charge in [-0.1, -0.05) is 13.8 Å². The number of piperazine rings is 1. The summed E-state index contributed by atoms with van der Waals surface area (Å²) in [6.45, 7) is 11.9. The number of fused-ring (bicyclic) bond motifs is 1. The van der Waals surface area contributed by atoms with Crippen LogP contribution in [0, 0.1) is 5.41 Å². The number of thioether (sulfide) groups is 1. The molecule has 3 aliphatic rings. The van der Waals surface area contributed by atoms with Crippen LogP contribution in [-0.2, 0) is 0 Å². The van der Waals surface area contributed by atoms with E-state index >= 15 is 0 Å². The van der Waals surface area contributed by atoms with Crippen LogP contribution < -0.4 is 5.73 Å². The van der Waals surface area contributed by atoms with Crippen LogP contribution in [0.1, 0.15) is 40.0 Å². The monoisotopic (exact) mass is 297 g/mol. The van der Waals surface area contributed by atoms with Gasteiger partial charge in [0, 0.05) is 43.0 Å². The Hall–Kier alpha value is 0.230. The quantitative estimate of drug-likeness (QED) is 0.845. The Morgan fingerprint density at radius 3 is 2.80 bits per heavy atom. The van der Waals surface area contributed by atoms with Crippen molar-refractivity contribution in [3.05, 3.63) is 0 Å². The van der Waals surface area contributed by atoms with Crippen LogP contribution in [0.2, 0.25) is 0 Å². The summed E-state index contributed by atoms with van der Waals surface area (Å²) in [6.07, 6.45) is 4.07. The van der Waals surface area contributed by atoms with E-state index in [4.69, 9.17) is 5.73 Å². The molecule has 3 aliphatic heterocycles. The molecule has 4 heteroatoms. The molecular formula is C16H31N3S. The molecule has 0 aromatic rings. The lowest BCUT2D eigenvalue weighted by Gasteiger charge is -2.60. The predicted molar refractivity (Wildman–Crippen MR) is 88.3 cm³/mol. The van der Waals surface area contributed by atoms with Crippen molar-refractivity contribution in [1.29, 1.82) is 0 Å². The lowest BCUT2D eigenvalue weighted by atomic mass is 9.68. The average Bonchev–Trinajstić information content (AvgIpc) is 2.85. The van der Waals surface area contributed by atoms with Crippen LogP contribution in [0.5, 0.6) is 0 Å². The smallest absolute Gasteiger partial charge is 0.0476 e. The van der Waals surface area contributed by atoms with Crippen molar-refractivity contribution in [2.45, 2.75) is 57.7 Å². The number of nitrogens with zero attached hydrogens (tertiary/aromatic N) is 2. The first-order valence-electron chi connectivity index (χ1n) is 8.29. The molecule has 0 spiro atoms. The van der Waals surface area contributed by atoms with Crippen LogP contribution >= 0.6 is 11.8 Å². The molecule has 3 unspecified atom stereocenters. The molecule has 3 heterocycles. The molecule has 0 amide bonds. The van der Waals surface area contributed by atoms with Gasteiger partial charge in [-0.25, -0.2) is 0 Å². The standard InChI is InChI=1S/C16H31N3S/c1-13-9-18-7-4-5-14(18)10-19(13)16(11-17)12-20-8-6-15(16,2)3/h13-14H,4-12,17H2,1-3H3. The topological polar surface area (TPSA) is 32.5 Å². The zero-order chi connectivity index (χ0) is 14.4. The van der Waals surface area contributed by atoms with E-state index in [0.29, 0.717) is 11.5 Å². The molecule has 0 aromatic heterocycles. The fraction of sp³-hybridized carbons (Fsp3) is 1.00. The summed E-state index contributed by atoms with van der Waals surface area (Å²) in [5.74, 6) is 2.51. The van der Waals surface area contributed by atoms with E-state index < -0.39 is 0 Å². The Morgan fingerprint density at radius 1 is 1.30 bits per heavy atom. The zero-order valence-electron chi connectivity index (χ0n) is 13.4. The van der Waals surface area contributed by atoms with Crippen molar-refractivity contribution in [3.8, 4) is 0 Å². The maximum Gasteiger partial charge on any atom is 0.0476 e. The van der Waals surface area contributed by atoms with Gasteiger partial charge in [0.25, 0.3) is 0 Å². The predicted octanol–water partition coefficient (Wildman–Crippen LogP) is 2.02. The Morgan fingerprint density at radius 2 is 2.10 bits per heavy atom. The van der Waals surface area contributed by atoms with E-state index in [1.807, 2.05) is 0 Å². The van der Waals surface area contributed by atoms with Crippen molar-refractivity contribution in [2.24, 2.45) is 11.1 Å². The summed E-state index contributed by atoms with van der Waals surface area (Å²) >= 11 is 2.11. The second-order valence-corrected chi connectivity index (χ2v) is 8.82. The van der Waals surface area contributed by atoms with E-state index in [2.05, 4.69) is 42.3 Å². The third-order valence-electron chi connectivity index (χ3n) is 6.30. The maximum absolute atomic E-state index is 6.38. The van der Waals surface area contributed by atoms with E-state index in [-0.39, 0.29) is 5.54 Å². The first-order chi connectivity index (χ1) is 9.50. The Labute approximate surface area is 128 Å². The number of nitrogens with two attached hydrogens (primary N) is 1. The van der Waals surface area contributed by atoms with Crippen molar-refractivity contribution < 1.29 is 0 Å². The lowest BCUT2D eigenvalue weighted by Crippen LogP contribution is -2.72. The van der Waals surface area contributed by atoms with E-state index in [1.165, 1.54) is 50.4 Å². The molecule has 3 nitrogen and oxygen atoms in total. The molecule has 20 heavy (non-hydrogen) atoms. The van der Waals surface area contributed by atoms with E-state index in [1.54, 1.807) is 0 Å². The maximum atomic E-state index is 6.38. The molecule has 0 bridgehead atoms. The first kappa shape index (κ1) is 15.1. The SMILES string of the molecule is CC1CN2CCCC2CN1C1(CN)CSCCC1(C)C. The molecule has 0 saturated carbocycles.